The van der Waals surface area contributed by atoms with Crippen molar-refractivity contribution < 1.29 is 28.6 Å². The van der Waals surface area contributed by atoms with E-state index >= 15 is 0 Å². The Balaban J connectivity index is 4.44. The highest BCUT2D eigenvalue weighted by atomic mass is 16.6. The quantitative estimate of drug-likeness (QED) is 0.0261. The topological polar surface area (TPSA) is 78.9 Å². The van der Waals surface area contributed by atoms with Gasteiger partial charge in [-0.25, -0.2) is 0 Å². The summed E-state index contributed by atoms with van der Waals surface area (Å²) in [6.45, 7) is 6.47. The highest BCUT2D eigenvalue weighted by Gasteiger charge is 2.19. The molecule has 0 bridgehead atoms. The first-order valence-electron chi connectivity index (χ1n) is 29.9. The van der Waals surface area contributed by atoms with Crippen LogP contribution in [-0.2, 0) is 28.6 Å². The Morgan fingerprint density at radius 1 is 0.292 bits per heavy atom. The van der Waals surface area contributed by atoms with Gasteiger partial charge in [0.15, 0.2) is 6.10 Å². The Morgan fingerprint density at radius 2 is 0.542 bits per heavy atom. The first-order chi connectivity index (χ1) is 35.5. The summed E-state index contributed by atoms with van der Waals surface area (Å²) in [6.07, 6.45) is 80.8. The average Bonchev–Trinajstić information content (AvgIpc) is 3.38. The number of carbonyl (C=O) groups excluding carboxylic acids is 3. The van der Waals surface area contributed by atoms with Crippen LogP contribution in [0.25, 0.3) is 0 Å². The Hall–Kier alpha value is -3.93. The van der Waals surface area contributed by atoms with Gasteiger partial charge >= 0.3 is 17.9 Å². The van der Waals surface area contributed by atoms with Gasteiger partial charge in [0.05, 0.1) is 0 Å². The van der Waals surface area contributed by atoms with Crippen molar-refractivity contribution in [2.45, 2.75) is 277 Å². The van der Waals surface area contributed by atoms with Gasteiger partial charge in [-0.05, 0) is 128 Å². The van der Waals surface area contributed by atoms with Crippen LogP contribution < -0.4 is 0 Å². The highest BCUT2D eigenvalue weighted by molar-refractivity contribution is 5.71. The molecule has 0 spiro atoms. The minimum absolute atomic E-state index is 0.0972. The SMILES string of the molecule is CC/C=C\C/C=C\C/C=C\C/C=C\C/C=C\C/C=C\C/C=C\CCCCCC(=O)OCC(COC(=O)CCCCCCC/C=C\CCCCCCC)OC(=O)CCCCCCC/C=C\CCCCCCCC. The van der Waals surface area contributed by atoms with E-state index in [-0.39, 0.29) is 31.1 Å². The molecule has 0 aromatic rings. The van der Waals surface area contributed by atoms with Crippen molar-refractivity contribution in [2.24, 2.45) is 0 Å². The molecule has 0 heterocycles. The van der Waals surface area contributed by atoms with Crippen LogP contribution in [0, 0.1) is 0 Å². The number of esters is 3. The lowest BCUT2D eigenvalue weighted by atomic mass is 10.1. The zero-order valence-corrected chi connectivity index (χ0v) is 46.9. The molecule has 0 fully saturated rings. The zero-order valence-electron chi connectivity index (χ0n) is 46.9. The predicted molar refractivity (Wildman–Crippen MR) is 311 cm³/mol. The van der Waals surface area contributed by atoms with E-state index in [1.807, 2.05) is 0 Å². The zero-order chi connectivity index (χ0) is 52.2. The van der Waals surface area contributed by atoms with Crippen LogP contribution in [0.4, 0.5) is 0 Å². The molecule has 0 N–H and O–H groups in total. The first kappa shape index (κ1) is 68.1. The van der Waals surface area contributed by atoms with Gasteiger partial charge in [0.1, 0.15) is 13.2 Å². The van der Waals surface area contributed by atoms with Gasteiger partial charge in [-0.15, -0.1) is 0 Å². The molecule has 6 nitrogen and oxygen atoms in total. The van der Waals surface area contributed by atoms with Gasteiger partial charge in [0.2, 0.25) is 0 Å². The van der Waals surface area contributed by atoms with Gasteiger partial charge in [-0.1, -0.05) is 233 Å². The van der Waals surface area contributed by atoms with E-state index in [4.69, 9.17) is 14.2 Å². The fourth-order valence-corrected chi connectivity index (χ4v) is 8.00. The molecular weight excluding hydrogens is 889 g/mol. The maximum absolute atomic E-state index is 12.9. The Bertz CT molecular complexity index is 1470. The largest absolute Gasteiger partial charge is 0.462 e. The normalized spacial score (nSPS) is 12.9. The second kappa shape index (κ2) is 59.6. The maximum atomic E-state index is 12.9. The third kappa shape index (κ3) is 57.0. The molecule has 0 saturated carbocycles. The van der Waals surface area contributed by atoms with E-state index in [2.05, 4.69) is 130 Å². The Labute approximate surface area is 444 Å². The van der Waals surface area contributed by atoms with E-state index in [0.29, 0.717) is 19.3 Å². The van der Waals surface area contributed by atoms with Crippen molar-refractivity contribution in [3.8, 4) is 0 Å². The molecule has 0 aliphatic carbocycles. The van der Waals surface area contributed by atoms with Crippen molar-refractivity contribution in [1.29, 1.82) is 0 Å². The van der Waals surface area contributed by atoms with Gasteiger partial charge in [0, 0.05) is 19.3 Å². The number of carbonyl (C=O) groups is 3. The fourth-order valence-electron chi connectivity index (χ4n) is 8.00. The summed E-state index contributed by atoms with van der Waals surface area (Å²) in [4.78, 5) is 38.2. The molecule has 410 valence electrons. The van der Waals surface area contributed by atoms with Crippen molar-refractivity contribution >= 4 is 17.9 Å². The molecule has 0 radical (unpaired) electrons. The molecule has 0 aromatic heterocycles. The fraction of sp³-hybridized carbons (Fsp3) is 0.682. The summed E-state index contributed by atoms with van der Waals surface area (Å²) >= 11 is 0. The van der Waals surface area contributed by atoms with Crippen molar-refractivity contribution in [2.75, 3.05) is 13.2 Å². The summed E-state index contributed by atoms with van der Waals surface area (Å²) in [5.41, 5.74) is 0. The molecule has 0 aromatic carbocycles. The molecule has 0 amide bonds. The third-order valence-electron chi connectivity index (χ3n) is 12.5. The minimum atomic E-state index is -0.802. The summed E-state index contributed by atoms with van der Waals surface area (Å²) < 4.78 is 16.8. The Kier molecular flexibility index (Phi) is 56.4. The summed E-state index contributed by atoms with van der Waals surface area (Å²) in [7, 11) is 0. The second-order valence-electron chi connectivity index (χ2n) is 19.5. The van der Waals surface area contributed by atoms with E-state index in [0.717, 1.165) is 128 Å². The van der Waals surface area contributed by atoms with Gasteiger partial charge in [-0.3, -0.25) is 14.4 Å². The number of unbranched alkanes of at least 4 members (excludes halogenated alkanes) is 24. The van der Waals surface area contributed by atoms with E-state index in [1.54, 1.807) is 0 Å². The van der Waals surface area contributed by atoms with Crippen LogP contribution in [-0.4, -0.2) is 37.2 Å². The molecule has 1 unspecified atom stereocenters. The minimum Gasteiger partial charge on any atom is -0.462 e. The second-order valence-corrected chi connectivity index (χ2v) is 19.5. The molecule has 72 heavy (non-hydrogen) atoms. The summed E-state index contributed by atoms with van der Waals surface area (Å²) in [5, 5.41) is 0. The number of hydrogen-bond acceptors (Lipinski definition) is 6. The lowest BCUT2D eigenvalue weighted by Gasteiger charge is -2.18. The van der Waals surface area contributed by atoms with Crippen molar-refractivity contribution in [1.82, 2.24) is 0 Å². The third-order valence-corrected chi connectivity index (χ3v) is 12.5. The Morgan fingerprint density at radius 3 is 0.875 bits per heavy atom. The lowest BCUT2D eigenvalue weighted by Crippen LogP contribution is -2.30. The number of hydrogen-bond donors (Lipinski definition) is 0. The monoisotopic (exact) mass is 999 g/mol. The van der Waals surface area contributed by atoms with Crippen LogP contribution in [0.3, 0.4) is 0 Å². The van der Waals surface area contributed by atoms with Crippen LogP contribution in [0.15, 0.2) is 109 Å². The van der Waals surface area contributed by atoms with Crippen LogP contribution in [0.5, 0.6) is 0 Å². The van der Waals surface area contributed by atoms with Crippen LogP contribution in [0.2, 0.25) is 0 Å². The van der Waals surface area contributed by atoms with Crippen molar-refractivity contribution in [3.05, 3.63) is 109 Å². The molecule has 1 atom stereocenters. The molecule has 0 aliphatic heterocycles. The molecule has 0 aliphatic rings. The molecule has 0 rings (SSSR count). The van der Waals surface area contributed by atoms with Gasteiger partial charge in [0.25, 0.3) is 0 Å². The summed E-state index contributed by atoms with van der Waals surface area (Å²) in [5.74, 6) is -0.945. The van der Waals surface area contributed by atoms with E-state index < -0.39 is 6.10 Å². The maximum Gasteiger partial charge on any atom is 0.306 e. The molecule has 6 heteroatoms. The van der Waals surface area contributed by atoms with E-state index in [9.17, 15) is 14.4 Å². The lowest BCUT2D eigenvalue weighted by molar-refractivity contribution is -0.167. The molecule has 0 saturated heterocycles. The smallest absolute Gasteiger partial charge is 0.306 e. The number of allylic oxidation sites excluding steroid dienone is 18. The van der Waals surface area contributed by atoms with Gasteiger partial charge in [-0.2, -0.15) is 0 Å². The summed E-state index contributed by atoms with van der Waals surface area (Å²) in [6, 6.07) is 0. The highest BCUT2D eigenvalue weighted by Crippen LogP contribution is 2.14. The van der Waals surface area contributed by atoms with Gasteiger partial charge < -0.3 is 14.2 Å². The van der Waals surface area contributed by atoms with Crippen LogP contribution in [0.1, 0.15) is 271 Å². The molecular formula is C66H110O6. The number of ether oxygens (including phenoxy) is 3. The van der Waals surface area contributed by atoms with E-state index in [1.165, 1.54) is 103 Å². The predicted octanol–water partition coefficient (Wildman–Crippen LogP) is 20.3. The first-order valence-corrected chi connectivity index (χ1v) is 29.9. The van der Waals surface area contributed by atoms with Crippen molar-refractivity contribution in [3.63, 3.8) is 0 Å². The van der Waals surface area contributed by atoms with Crippen LogP contribution >= 0.6 is 0 Å². The standard InChI is InChI=1S/C66H110O6/c1-4-7-10-13-16-19-22-25-28-29-30-31-32-33-34-35-36-37-39-41-44-47-50-53-56-59-65(68)71-62-63(61-70-64(67)58-55-52-49-46-43-40-27-24-21-18-15-12-9-6-3)72-66(69)60-57-54-51-48-45-42-38-26-23-20-17-14-11-8-5-2/h7,10,16,19,24-28,30-31,33-34,36-38,41,44,63H,4-6,8-9,11-15,17-18,20-23,29,32,35,39-40,42-43,45-62H2,1-3H3/b10-7-,19-16-,27-24-,28-25-,31-30-,34-33-,37-36-,38-26-,44-41-. The number of rotatable bonds is 53. The average molecular weight is 1000 g/mol.